The van der Waals surface area contributed by atoms with E-state index in [-0.39, 0.29) is 5.91 Å². The van der Waals surface area contributed by atoms with Crippen LogP contribution in [0.4, 0.5) is 5.13 Å². The molecule has 2 aromatic heterocycles. The Morgan fingerprint density at radius 1 is 1.50 bits per heavy atom. The highest BCUT2D eigenvalue weighted by atomic mass is 127. The zero-order valence-corrected chi connectivity index (χ0v) is 13.9. The summed E-state index contributed by atoms with van der Waals surface area (Å²) in [5, 5.41) is 12.2. The molecule has 0 bridgehead atoms. The summed E-state index contributed by atoms with van der Waals surface area (Å²) in [6, 6.07) is 3.64. The van der Waals surface area contributed by atoms with Crippen molar-refractivity contribution in [1.82, 2.24) is 10.2 Å². The third-order valence-electron chi connectivity index (χ3n) is 2.43. The zero-order chi connectivity index (χ0) is 14.4. The normalized spacial score (nSPS) is 11.1. The average molecular weight is 403 g/mol. The molecule has 0 aliphatic heterocycles. The number of halogens is 1. The predicted octanol–water partition coefficient (Wildman–Crippen LogP) is 3.73. The first-order valence-electron chi connectivity index (χ1n) is 6.24. The van der Waals surface area contributed by atoms with E-state index in [0.717, 1.165) is 28.0 Å². The van der Waals surface area contributed by atoms with E-state index in [1.807, 2.05) is 6.07 Å². The third kappa shape index (κ3) is 4.71. The Morgan fingerprint density at radius 3 is 3.05 bits per heavy atom. The molecule has 5 nitrogen and oxygen atoms in total. The molecule has 0 fully saturated rings. The van der Waals surface area contributed by atoms with E-state index in [9.17, 15) is 4.79 Å². The first kappa shape index (κ1) is 15.2. The van der Waals surface area contributed by atoms with Crippen molar-refractivity contribution in [2.45, 2.75) is 26.2 Å². The van der Waals surface area contributed by atoms with Crippen LogP contribution >= 0.6 is 33.9 Å². The van der Waals surface area contributed by atoms with Crippen molar-refractivity contribution in [2.75, 3.05) is 5.32 Å². The van der Waals surface area contributed by atoms with Crippen LogP contribution in [0.5, 0.6) is 0 Å². The van der Waals surface area contributed by atoms with Crippen LogP contribution < -0.4 is 5.32 Å². The fraction of sp³-hybridized carbons (Fsp3) is 0.308. The number of rotatable bonds is 6. The monoisotopic (exact) mass is 403 g/mol. The van der Waals surface area contributed by atoms with Crippen LogP contribution in [0.15, 0.2) is 22.6 Å². The summed E-state index contributed by atoms with van der Waals surface area (Å²) in [4.78, 5) is 11.7. The van der Waals surface area contributed by atoms with Crippen LogP contribution in [0, 0.1) is 3.77 Å². The first-order valence-corrected chi connectivity index (χ1v) is 8.13. The second kappa shape index (κ2) is 7.53. The number of carbonyl (C=O) groups is 1. The average Bonchev–Trinajstić information content (AvgIpc) is 3.03. The molecule has 0 atom stereocenters. The Bertz CT molecular complexity index is 606. The van der Waals surface area contributed by atoms with Crippen molar-refractivity contribution in [3.05, 3.63) is 32.7 Å². The van der Waals surface area contributed by atoms with Gasteiger partial charge in [-0.25, -0.2) is 0 Å². The first-order chi connectivity index (χ1) is 9.67. The maximum atomic E-state index is 11.7. The molecule has 0 aliphatic carbocycles. The van der Waals surface area contributed by atoms with Crippen LogP contribution in [-0.2, 0) is 11.2 Å². The van der Waals surface area contributed by atoms with E-state index in [4.69, 9.17) is 4.42 Å². The second-order valence-electron chi connectivity index (χ2n) is 4.07. The molecule has 1 amide bonds. The highest BCUT2D eigenvalue weighted by Crippen LogP contribution is 2.17. The minimum atomic E-state index is -0.241. The van der Waals surface area contributed by atoms with Gasteiger partial charge in [-0.05, 0) is 47.2 Å². The maximum absolute atomic E-state index is 11.7. The van der Waals surface area contributed by atoms with E-state index in [1.54, 1.807) is 12.1 Å². The lowest BCUT2D eigenvalue weighted by molar-refractivity contribution is -0.111. The van der Waals surface area contributed by atoms with Crippen LogP contribution in [0.2, 0.25) is 0 Å². The Kier molecular flexibility index (Phi) is 5.72. The molecule has 2 aromatic rings. The number of aryl methyl sites for hydroxylation is 1. The van der Waals surface area contributed by atoms with Crippen LogP contribution in [-0.4, -0.2) is 16.1 Å². The summed E-state index contributed by atoms with van der Waals surface area (Å²) < 4.78 is 6.11. The topological polar surface area (TPSA) is 68.0 Å². The zero-order valence-electron chi connectivity index (χ0n) is 10.9. The van der Waals surface area contributed by atoms with Crippen molar-refractivity contribution in [3.8, 4) is 0 Å². The van der Waals surface area contributed by atoms with E-state index >= 15 is 0 Å². The van der Waals surface area contributed by atoms with Gasteiger partial charge >= 0.3 is 0 Å². The van der Waals surface area contributed by atoms with Gasteiger partial charge in [0.2, 0.25) is 11.0 Å². The Morgan fingerprint density at radius 2 is 2.35 bits per heavy atom. The van der Waals surface area contributed by atoms with Gasteiger partial charge in [-0.2, -0.15) is 0 Å². The van der Waals surface area contributed by atoms with Crippen LogP contribution in [0.1, 0.15) is 30.5 Å². The lowest BCUT2D eigenvalue weighted by atomic mass is 10.3. The van der Waals surface area contributed by atoms with Gasteiger partial charge < -0.3 is 4.42 Å². The van der Waals surface area contributed by atoms with E-state index in [2.05, 4.69) is 45.0 Å². The molecule has 1 N–H and O–H groups in total. The van der Waals surface area contributed by atoms with Gasteiger partial charge in [0.05, 0.1) is 0 Å². The Hall–Kier alpha value is -1.22. The highest BCUT2D eigenvalue weighted by molar-refractivity contribution is 14.1. The van der Waals surface area contributed by atoms with Gasteiger partial charge in [-0.3, -0.25) is 10.1 Å². The van der Waals surface area contributed by atoms with Crippen molar-refractivity contribution in [1.29, 1.82) is 0 Å². The molecule has 0 radical (unpaired) electrons. The number of unbranched alkanes of at least 4 members (excludes halogenated alkanes) is 1. The number of furan rings is 1. The molecule has 2 rings (SSSR count). The van der Waals surface area contributed by atoms with Gasteiger partial charge in [0, 0.05) is 12.5 Å². The van der Waals surface area contributed by atoms with E-state index < -0.39 is 0 Å². The van der Waals surface area contributed by atoms with Crippen LogP contribution in [0.3, 0.4) is 0 Å². The number of amides is 1. The quantitative estimate of drug-likeness (QED) is 0.590. The number of carbonyl (C=O) groups excluding carboxylic acids is 1. The molecule has 0 spiro atoms. The number of aromatic nitrogens is 2. The van der Waals surface area contributed by atoms with Gasteiger partial charge in [-0.15, -0.1) is 10.2 Å². The number of nitrogens with one attached hydrogen (secondary N) is 1. The van der Waals surface area contributed by atoms with Crippen molar-refractivity contribution < 1.29 is 9.21 Å². The summed E-state index contributed by atoms with van der Waals surface area (Å²) in [6.07, 6.45) is 6.15. The molecule has 2 heterocycles. The minimum Gasteiger partial charge on any atom is -0.451 e. The summed E-state index contributed by atoms with van der Waals surface area (Å²) >= 11 is 3.49. The second-order valence-corrected chi connectivity index (χ2v) is 6.19. The predicted molar refractivity (Wildman–Crippen MR) is 87.6 cm³/mol. The molecule has 7 heteroatoms. The smallest absolute Gasteiger partial charge is 0.250 e. The molecule has 0 unspecified atom stereocenters. The van der Waals surface area contributed by atoms with Gasteiger partial charge in [0.1, 0.15) is 10.8 Å². The lowest BCUT2D eigenvalue weighted by Crippen LogP contribution is -2.07. The molecule has 0 saturated carbocycles. The van der Waals surface area contributed by atoms with Gasteiger partial charge in [0.25, 0.3) is 0 Å². The lowest BCUT2D eigenvalue weighted by Gasteiger charge is -1.93. The number of hydrogen-bond donors (Lipinski definition) is 1. The fourth-order valence-electron chi connectivity index (χ4n) is 1.46. The van der Waals surface area contributed by atoms with Crippen molar-refractivity contribution in [3.63, 3.8) is 0 Å². The largest absolute Gasteiger partial charge is 0.451 e. The number of hydrogen-bond acceptors (Lipinski definition) is 5. The summed E-state index contributed by atoms with van der Waals surface area (Å²) in [7, 11) is 0. The molecular formula is C13H14IN3O2S. The highest BCUT2D eigenvalue weighted by Gasteiger charge is 2.06. The number of anilines is 1. The SMILES string of the molecule is CCCCc1nnc(NC(=O)/C=C/c2ccc(I)o2)s1. The number of nitrogens with zero attached hydrogens (tertiary/aromatic N) is 2. The Balaban J connectivity index is 1.87. The molecule has 0 aliphatic rings. The van der Waals surface area contributed by atoms with E-state index in [1.165, 1.54) is 17.4 Å². The van der Waals surface area contributed by atoms with Gasteiger partial charge in [-0.1, -0.05) is 24.7 Å². The standard InChI is InChI=1S/C13H14IN3O2S/c1-2-3-4-12-16-17-13(20-12)15-11(18)8-6-9-5-7-10(14)19-9/h5-8H,2-4H2,1H3,(H,15,17,18)/b8-6+. The third-order valence-corrected chi connectivity index (χ3v) is 3.91. The minimum absolute atomic E-state index is 0.241. The van der Waals surface area contributed by atoms with E-state index in [0.29, 0.717) is 10.9 Å². The molecule has 20 heavy (non-hydrogen) atoms. The molecule has 106 valence electrons. The van der Waals surface area contributed by atoms with Crippen LogP contribution in [0.25, 0.3) is 6.08 Å². The van der Waals surface area contributed by atoms with Crippen molar-refractivity contribution >= 4 is 51.0 Å². The summed E-state index contributed by atoms with van der Waals surface area (Å²) in [5.74, 6) is 0.403. The molecule has 0 saturated heterocycles. The summed E-state index contributed by atoms with van der Waals surface area (Å²) in [6.45, 7) is 2.13. The molecule has 0 aromatic carbocycles. The summed E-state index contributed by atoms with van der Waals surface area (Å²) in [5.41, 5.74) is 0. The van der Waals surface area contributed by atoms with Gasteiger partial charge in [0.15, 0.2) is 3.77 Å². The Labute approximate surface area is 134 Å². The maximum Gasteiger partial charge on any atom is 0.250 e. The molecular weight excluding hydrogens is 389 g/mol. The fourth-order valence-corrected chi connectivity index (χ4v) is 2.67. The van der Waals surface area contributed by atoms with Crippen molar-refractivity contribution in [2.24, 2.45) is 0 Å².